The highest BCUT2D eigenvalue weighted by atomic mass is 16.5. The normalized spacial score (nSPS) is 15.5. The highest BCUT2D eigenvalue weighted by Gasteiger charge is 2.10. The summed E-state index contributed by atoms with van der Waals surface area (Å²) in [6.07, 6.45) is 5.37. The molecule has 1 aromatic rings. The largest absolute Gasteiger partial charge is 0.493 e. The minimum Gasteiger partial charge on any atom is -0.493 e. The minimum atomic E-state index is -0.703. The molecule has 7 heteroatoms. The summed E-state index contributed by atoms with van der Waals surface area (Å²) in [5.41, 5.74) is 7.86. The van der Waals surface area contributed by atoms with E-state index >= 15 is 0 Å². The third-order valence-electron chi connectivity index (χ3n) is 3.69. The summed E-state index contributed by atoms with van der Waals surface area (Å²) >= 11 is 0. The maximum Gasteiger partial charge on any atom is 0.332 e. The van der Waals surface area contributed by atoms with Crippen LogP contribution >= 0.6 is 0 Å². The van der Waals surface area contributed by atoms with E-state index in [1.165, 1.54) is 25.5 Å². The van der Waals surface area contributed by atoms with E-state index in [-0.39, 0.29) is 0 Å². The molecule has 0 aromatic heterocycles. The van der Waals surface area contributed by atoms with Crippen LogP contribution in [0.1, 0.15) is 24.8 Å². The second-order valence-electron chi connectivity index (χ2n) is 5.40. The number of nitrogens with two attached hydrogens (primary N) is 1. The molecule has 2 rings (SSSR count). The molecule has 0 atom stereocenters. The van der Waals surface area contributed by atoms with Gasteiger partial charge >= 0.3 is 6.03 Å². The molecule has 126 valence electrons. The highest BCUT2D eigenvalue weighted by molar-refractivity contribution is 5.82. The molecule has 0 radical (unpaired) electrons. The van der Waals surface area contributed by atoms with E-state index in [9.17, 15) is 4.79 Å². The molecular formula is C16H24N4O3. The van der Waals surface area contributed by atoms with Crippen molar-refractivity contribution in [1.82, 2.24) is 10.3 Å². The number of primary amides is 1. The molecule has 3 N–H and O–H groups in total. The van der Waals surface area contributed by atoms with Crippen LogP contribution in [0.15, 0.2) is 23.3 Å². The van der Waals surface area contributed by atoms with E-state index in [0.29, 0.717) is 18.1 Å². The molecule has 1 saturated heterocycles. The molecular weight excluding hydrogens is 296 g/mol. The Balaban J connectivity index is 1.88. The summed E-state index contributed by atoms with van der Waals surface area (Å²) in [4.78, 5) is 13.0. The first-order chi connectivity index (χ1) is 11.2. The van der Waals surface area contributed by atoms with Gasteiger partial charge in [-0.15, -0.1) is 0 Å². The molecule has 23 heavy (non-hydrogen) atoms. The number of urea groups is 1. The molecule has 1 aromatic carbocycles. The maximum absolute atomic E-state index is 10.6. The van der Waals surface area contributed by atoms with Gasteiger partial charge in [-0.3, -0.25) is 4.90 Å². The first kappa shape index (κ1) is 17.1. The predicted molar refractivity (Wildman–Crippen MR) is 89.1 cm³/mol. The summed E-state index contributed by atoms with van der Waals surface area (Å²) in [7, 11) is 1.59. The molecule has 1 fully saturated rings. The number of piperidine rings is 1. The predicted octanol–water partition coefficient (Wildman–Crippen LogP) is 1.56. The number of methoxy groups -OCH3 is 1. The van der Waals surface area contributed by atoms with Gasteiger partial charge in [0.2, 0.25) is 0 Å². The van der Waals surface area contributed by atoms with Gasteiger partial charge in [0, 0.05) is 6.54 Å². The van der Waals surface area contributed by atoms with Gasteiger partial charge in [-0.05, 0) is 49.7 Å². The van der Waals surface area contributed by atoms with Crippen molar-refractivity contribution in [1.29, 1.82) is 0 Å². The molecule has 0 bridgehead atoms. The second-order valence-corrected chi connectivity index (χ2v) is 5.40. The molecule has 1 aliphatic rings. The quantitative estimate of drug-likeness (QED) is 0.589. The standard InChI is InChI=1S/C16H24N4O3/c1-22-15-11-13(12-18-19-16(17)21)5-6-14(15)23-10-9-20-7-3-2-4-8-20/h5-6,11-12H,2-4,7-10H2,1H3,(H3,17,19,21). The Bertz CT molecular complexity index is 542. The van der Waals surface area contributed by atoms with Crippen molar-refractivity contribution in [3.05, 3.63) is 23.8 Å². The van der Waals surface area contributed by atoms with Crippen molar-refractivity contribution in [3.8, 4) is 11.5 Å². The molecule has 0 saturated carbocycles. The fraction of sp³-hybridized carbons (Fsp3) is 0.500. The Hall–Kier alpha value is -2.28. The number of ether oxygens (including phenoxy) is 2. The third-order valence-corrected chi connectivity index (χ3v) is 3.69. The third kappa shape index (κ3) is 5.78. The molecule has 0 aliphatic carbocycles. The summed E-state index contributed by atoms with van der Waals surface area (Å²) in [5, 5.41) is 3.72. The number of amides is 2. The fourth-order valence-corrected chi connectivity index (χ4v) is 2.52. The van der Waals surface area contributed by atoms with Crippen LogP contribution in [0, 0.1) is 0 Å². The van der Waals surface area contributed by atoms with Crippen LogP contribution in [0.2, 0.25) is 0 Å². The van der Waals surface area contributed by atoms with E-state index < -0.39 is 6.03 Å². The summed E-state index contributed by atoms with van der Waals surface area (Å²) in [6, 6.07) is 4.76. The molecule has 2 amide bonds. The van der Waals surface area contributed by atoms with Gasteiger partial charge in [-0.1, -0.05) is 6.42 Å². The lowest BCUT2D eigenvalue weighted by atomic mass is 10.1. The van der Waals surface area contributed by atoms with E-state index in [0.717, 1.165) is 25.2 Å². The molecule has 1 heterocycles. The summed E-state index contributed by atoms with van der Waals surface area (Å²) in [6.45, 7) is 3.87. The molecule has 7 nitrogen and oxygen atoms in total. The Kier molecular flexibility index (Phi) is 6.68. The number of hydrazone groups is 1. The van der Waals surface area contributed by atoms with Crippen molar-refractivity contribution in [2.24, 2.45) is 10.8 Å². The Morgan fingerprint density at radius 3 is 2.83 bits per heavy atom. The zero-order chi connectivity index (χ0) is 16.5. The monoisotopic (exact) mass is 320 g/mol. The lowest BCUT2D eigenvalue weighted by Gasteiger charge is -2.26. The van der Waals surface area contributed by atoms with Crippen LogP contribution in [0.4, 0.5) is 4.79 Å². The second kappa shape index (κ2) is 8.99. The van der Waals surface area contributed by atoms with Crippen LogP contribution in [0.5, 0.6) is 11.5 Å². The number of nitrogens with one attached hydrogen (secondary N) is 1. The van der Waals surface area contributed by atoms with Crippen molar-refractivity contribution < 1.29 is 14.3 Å². The van der Waals surface area contributed by atoms with Crippen LogP contribution in [-0.4, -0.2) is 50.5 Å². The minimum absolute atomic E-state index is 0.631. The summed E-state index contributed by atoms with van der Waals surface area (Å²) < 4.78 is 11.2. The zero-order valence-electron chi connectivity index (χ0n) is 13.5. The SMILES string of the molecule is COc1cc(C=NNC(N)=O)ccc1OCCN1CCCCC1. The number of hydrogen-bond acceptors (Lipinski definition) is 5. The lowest BCUT2D eigenvalue weighted by molar-refractivity contribution is 0.180. The van der Waals surface area contributed by atoms with E-state index in [2.05, 4.69) is 15.4 Å². The zero-order valence-corrected chi connectivity index (χ0v) is 13.5. The van der Waals surface area contributed by atoms with Gasteiger partial charge in [-0.25, -0.2) is 10.2 Å². The Morgan fingerprint density at radius 2 is 2.13 bits per heavy atom. The number of likely N-dealkylation sites (tertiary alicyclic amines) is 1. The number of hydrogen-bond donors (Lipinski definition) is 2. The number of nitrogens with zero attached hydrogens (tertiary/aromatic N) is 2. The Morgan fingerprint density at radius 1 is 1.35 bits per heavy atom. The van der Waals surface area contributed by atoms with E-state index in [1.807, 2.05) is 12.1 Å². The smallest absolute Gasteiger partial charge is 0.332 e. The van der Waals surface area contributed by atoms with Crippen molar-refractivity contribution in [2.45, 2.75) is 19.3 Å². The highest BCUT2D eigenvalue weighted by Crippen LogP contribution is 2.27. The van der Waals surface area contributed by atoms with Crippen molar-refractivity contribution >= 4 is 12.2 Å². The topological polar surface area (TPSA) is 89.2 Å². The van der Waals surface area contributed by atoms with Crippen molar-refractivity contribution in [2.75, 3.05) is 33.4 Å². The average Bonchev–Trinajstić information content (AvgIpc) is 2.56. The van der Waals surface area contributed by atoms with Gasteiger partial charge in [0.15, 0.2) is 11.5 Å². The van der Waals surface area contributed by atoms with Crippen LogP contribution in [0.25, 0.3) is 0 Å². The van der Waals surface area contributed by atoms with E-state index in [1.54, 1.807) is 13.2 Å². The maximum atomic E-state index is 10.6. The first-order valence-corrected chi connectivity index (χ1v) is 7.81. The molecule has 0 spiro atoms. The van der Waals surface area contributed by atoms with Crippen LogP contribution in [0.3, 0.4) is 0 Å². The average molecular weight is 320 g/mol. The molecule has 0 unspecified atom stereocenters. The number of rotatable bonds is 7. The van der Waals surface area contributed by atoms with Crippen LogP contribution < -0.4 is 20.6 Å². The van der Waals surface area contributed by atoms with E-state index in [4.69, 9.17) is 15.2 Å². The molecule has 1 aliphatic heterocycles. The Labute approximate surface area is 136 Å². The van der Waals surface area contributed by atoms with Crippen LogP contribution in [-0.2, 0) is 0 Å². The number of benzene rings is 1. The fourth-order valence-electron chi connectivity index (χ4n) is 2.52. The number of carbonyl (C=O) groups is 1. The lowest BCUT2D eigenvalue weighted by Crippen LogP contribution is -2.33. The van der Waals surface area contributed by atoms with Crippen molar-refractivity contribution in [3.63, 3.8) is 0 Å². The van der Waals surface area contributed by atoms with Gasteiger partial charge in [-0.2, -0.15) is 5.10 Å². The van der Waals surface area contributed by atoms with Gasteiger partial charge in [0.05, 0.1) is 13.3 Å². The van der Waals surface area contributed by atoms with Gasteiger partial charge in [0.1, 0.15) is 6.61 Å². The summed E-state index contributed by atoms with van der Waals surface area (Å²) in [5.74, 6) is 1.33. The van der Waals surface area contributed by atoms with Gasteiger partial charge < -0.3 is 15.2 Å². The van der Waals surface area contributed by atoms with Gasteiger partial charge in [0.25, 0.3) is 0 Å². The first-order valence-electron chi connectivity index (χ1n) is 7.81. The number of carbonyl (C=O) groups excluding carboxylic acids is 1.